The Kier molecular flexibility index (Phi) is 6.29. The number of nitrogens with one attached hydrogen (secondary N) is 1. The van der Waals surface area contributed by atoms with Crippen LogP contribution in [0.3, 0.4) is 0 Å². The minimum Gasteiger partial charge on any atom is -0.497 e. The molecule has 7 heteroatoms. The normalized spacial score (nSPS) is 23.5. The van der Waals surface area contributed by atoms with Crippen LogP contribution in [-0.2, 0) is 23.9 Å². The van der Waals surface area contributed by atoms with Crippen LogP contribution in [-0.4, -0.2) is 38.5 Å². The number of hydrogen-bond acceptors (Lipinski definition) is 7. The summed E-state index contributed by atoms with van der Waals surface area (Å²) < 4.78 is 15.5. The topological polar surface area (TPSA) is 90.9 Å². The number of Topliss-reactive ketones (excluding diaryl/α,β-unsaturated/α-hetero) is 1. The average molecular weight is 413 g/mol. The minimum atomic E-state index is -0.912. The third-order valence-electron chi connectivity index (χ3n) is 5.67. The first kappa shape index (κ1) is 21.6. The third-order valence-corrected chi connectivity index (χ3v) is 5.67. The van der Waals surface area contributed by atoms with Crippen molar-refractivity contribution in [3.63, 3.8) is 0 Å². The molecule has 0 radical (unpaired) electrons. The summed E-state index contributed by atoms with van der Waals surface area (Å²) in [6.45, 7) is 5.59. The van der Waals surface area contributed by atoms with E-state index in [4.69, 9.17) is 14.2 Å². The number of allylic oxidation sites excluding steroid dienone is 3. The molecule has 0 fully saturated rings. The number of esters is 2. The molecule has 30 heavy (non-hydrogen) atoms. The van der Waals surface area contributed by atoms with Crippen LogP contribution < -0.4 is 10.1 Å². The van der Waals surface area contributed by atoms with E-state index in [1.165, 1.54) is 7.11 Å². The Morgan fingerprint density at radius 2 is 1.97 bits per heavy atom. The largest absolute Gasteiger partial charge is 0.497 e. The molecule has 3 rings (SSSR count). The summed E-state index contributed by atoms with van der Waals surface area (Å²) in [4.78, 5) is 38.8. The number of carbonyl (C=O) groups excluding carboxylic acids is 3. The molecule has 1 aromatic rings. The molecule has 0 saturated heterocycles. The molecule has 3 atom stereocenters. The summed E-state index contributed by atoms with van der Waals surface area (Å²) in [6.07, 6.45) is 0.495. The monoisotopic (exact) mass is 413 g/mol. The Labute approximate surface area is 176 Å². The molecule has 1 aliphatic carbocycles. The number of methoxy groups -OCH3 is 2. The van der Waals surface area contributed by atoms with E-state index >= 15 is 0 Å². The summed E-state index contributed by atoms with van der Waals surface area (Å²) in [7, 11) is 2.83. The van der Waals surface area contributed by atoms with Crippen molar-refractivity contribution in [1.82, 2.24) is 5.32 Å². The molecule has 1 aliphatic heterocycles. The van der Waals surface area contributed by atoms with Gasteiger partial charge < -0.3 is 19.5 Å². The van der Waals surface area contributed by atoms with Crippen LogP contribution in [0.4, 0.5) is 0 Å². The molecule has 0 unspecified atom stereocenters. The van der Waals surface area contributed by atoms with Gasteiger partial charge in [0.15, 0.2) is 5.78 Å². The Bertz CT molecular complexity index is 945. The van der Waals surface area contributed by atoms with Gasteiger partial charge in [0.1, 0.15) is 11.7 Å². The minimum absolute atomic E-state index is 0.210. The van der Waals surface area contributed by atoms with Crippen molar-refractivity contribution in [3.05, 3.63) is 52.4 Å². The summed E-state index contributed by atoms with van der Waals surface area (Å²) in [5.41, 5.74) is 2.85. The maximum atomic E-state index is 13.5. The highest BCUT2D eigenvalue weighted by Crippen LogP contribution is 2.45. The zero-order valence-corrected chi connectivity index (χ0v) is 17.9. The van der Waals surface area contributed by atoms with Gasteiger partial charge in [0.25, 0.3) is 0 Å². The fourth-order valence-corrected chi connectivity index (χ4v) is 4.31. The molecule has 1 aromatic carbocycles. The number of ketones is 1. The van der Waals surface area contributed by atoms with Gasteiger partial charge in [-0.05, 0) is 43.9 Å². The van der Waals surface area contributed by atoms with Crippen molar-refractivity contribution in [1.29, 1.82) is 0 Å². The van der Waals surface area contributed by atoms with Crippen LogP contribution in [0.1, 0.15) is 38.7 Å². The van der Waals surface area contributed by atoms with Gasteiger partial charge in [0, 0.05) is 22.9 Å². The number of hydrogen-bond donors (Lipinski definition) is 1. The van der Waals surface area contributed by atoms with Gasteiger partial charge >= 0.3 is 11.9 Å². The average Bonchev–Trinajstić information content (AvgIpc) is 2.72. The maximum absolute atomic E-state index is 13.5. The molecule has 1 heterocycles. The predicted molar refractivity (Wildman–Crippen MR) is 110 cm³/mol. The van der Waals surface area contributed by atoms with Crippen LogP contribution in [0.2, 0.25) is 0 Å². The summed E-state index contributed by atoms with van der Waals surface area (Å²) >= 11 is 0. The van der Waals surface area contributed by atoms with E-state index in [-0.39, 0.29) is 18.3 Å². The Balaban J connectivity index is 2.20. The Morgan fingerprint density at radius 3 is 2.60 bits per heavy atom. The van der Waals surface area contributed by atoms with E-state index in [1.807, 2.05) is 19.1 Å². The molecule has 0 bridgehead atoms. The van der Waals surface area contributed by atoms with Crippen molar-refractivity contribution in [3.8, 4) is 5.75 Å². The van der Waals surface area contributed by atoms with E-state index in [2.05, 4.69) is 5.32 Å². The van der Waals surface area contributed by atoms with Crippen LogP contribution >= 0.6 is 0 Å². The fourth-order valence-electron chi connectivity index (χ4n) is 4.31. The zero-order chi connectivity index (χ0) is 22.0. The van der Waals surface area contributed by atoms with E-state index in [9.17, 15) is 14.4 Å². The summed E-state index contributed by atoms with van der Waals surface area (Å²) in [5, 5.41) is 3.23. The van der Waals surface area contributed by atoms with Crippen LogP contribution in [0.15, 0.2) is 46.8 Å². The molecule has 0 amide bonds. The second-order valence-corrected chi connectivity index (χ2v) is 7.53. The van der Waals surface area contributed by atoms with Crippen molar-refractivity contribution in [2.75, 3.05) is 20.8 Å². The number of dihydropyridines is 1. The predicted octanol–water partition coefficient (Wildman–Crippen LogP) is 2.87. The lowest BCUT2D eigenvalue weighted by Crippen LogP contribution is -2.43. The molecule has 0 aromatic heterocycles. The molecular weight excluding hydrogens is 386 g/mol. The third kappa shape index (κ3) is 3.72. The van der Waals surface area contributed by atoms with Gasteiger partial charge in [0.2, 0.25) is 0 Å². The lowest BCUT2D eigenvalue weighted by atomic mass is 9.69. The first-order chi connectivity index (χ1) is 14.3. The number of benzene rings is 1. The second kappa shape index (κ2) is 8.73. The fraction of sp³-hybridized carbons (Fsp3) is 0.435. The summed E-state index contributed by atoms with van der Waals surface area (Å²) in [5.74, 6) is -2.58. The molecular formula is C23H27NO6. The van der Waals surface area contributed by atoms with Crippen molar-refractivity contribution >= 4 is 17.7 Å². The molecule has 7 nitrogen and oxygen atoms in total. The molecule has 160 valence electrons. The van der Waals surface area contributed by atoms with E-state index in [0.717, 1.165) is 11.3 Å². The van der Waals surface area contributed by atoms with E-state index in [1.54, 1.807) is 33.1 Å². The second-order valence-electron chi connectivity index (χ2n) is 7.53. The lowest BCUT2D eigenvalue weighted by Gasteiger charge is -2.38. The van der Waals surface area contributed by atoms with Crippen LogP contribution in [0, 0.1) is 11.8 Å². The first-order valence-electron chi connectivity index (χ1n) is 9.97. The van der Waals surface area contributed by atoms with Crippen molar-refractivity contribution in [2.45, 2.75) is 33.1 Å². The zero-order valence-electron chi connectivity index (χ0n) is 17.9. The molecule has 0 saturated carbocycles. The van der Waals surface area contributed by atoms with Gasteiger partial charge in [0.05, 0.1) is 26.4 Å². The Morgan fingerprint density at radius 1 is 1.23 bits per heavy atom. The van der Waals surface area contributed by atoms with Crippen LogP contribution in [0.5, 0.6) is 5.75 Å². The quantitative estimate of drug-likeness (QED) is 0.586. The van der Waals surface area contributed by atoms with Gasteiger partial charge in [-0.3, -0.25) is 9.59 Å². The van der Waals surface area contributed by atoms with Gasteiger partial charge in [-0.2, -0.15) is 0 Å². The van der Waals surface area contributed by atoms with Gasteiger partial charge in [-0.15, -0.1) is 0 Å². The maximum Gasteiger partial charge on any atom is 0.336 e. The molecule has 0 spiro atoms. The van der Waals surface area contributed by atoms with E-state index in [0.29, 0.717) is 29.0 Å². The highest BCUT2D eigenvalue weighted by Gasteiger charge is 2.47. The Hall–Kier alpha value is -3.09. The molecule has 2 aliphatic rings. The van der Waals surface area contributed by atoms with Crippen LogP contribution in [0.25, 0.3) is 0 Å². The SMILES string of the molecule is CCOC(=O)C1=C(C)NC2=C(C(=O)[C@H](C(=O)OC)[C@H](C)C2)[C@H]1c1cccc(OC)c1. The van der Waals surface area contributed by atoms with Crippen molar-refractivity contribution < 1.29 is 28.6 Å². The highest BCUT2D eigenvalue weighted by atomic mass is 16.5. The van der Waals surface area contributed by atoms with E-state index < -0.39 is 23.8 Å². The van der Waals surface area contributed by atoms with Gasteiger partial charge in [-0.25, -0.2) is 4.79 Å². The number of carbonyl (C=O) groups is 3. The molecule has 1 N–H and O–H groups in total. The first-order valence-corrected chi connectivity index (χ1v) is 9.97. The summed E-state index contributed by atoms with van der Waals surface area (Å²) in [6, 6.07) is 7.24. The highest BCUT2D eigenvalue weighted by molar-refractivity contribution is 6.12. The smallest absolute Gasteiger partial charge is 0.336 e. The number of rotatable bonds is 5. The standard InChI is InChI=1S/C23H27NO6/c1-6-30-23(27)18-13(3)24-16-10-12(2)17(22(26)29-5)21(25)20(16)19(18)14-8-7-9-15(11-14)28-4/h7-9,11-12,17,19,24H,6,10H2,1-5H3/t12-,17-,19+/m1/s1. The van der Waals surface area contributed by atoms with Gasteiger partial charge in [-0.1, -0.05) is 19.1 Å². The lowest BCUT2D eigenvalue weighted by molar-refractivity contribution is -0.151. The van der Waals surface area contributed by atoms with Crippen molar-refractivity contribution in [2.24, 2.45) is 11.8 Å². The number of ether oxygens (including phenoxy) is 3.